The zero-order chi connectivity index (χ0) is 17.1. The van der Waals surface area contributed by atoms with Crippen molar-refractivity contribution in [1.29, 1.82) is 0 Å². The summed E-state index contributed by atoms with van der Waals surface area (Å²) in [5.74, 6) is 0.902. The van der Waals surface area contributed by atoms with E-state index in [9.17, 15) is 0 Å². The van der Waals surface area contributed by atoms with Crippen LogP contribution < -0.4 is 4.90 Å². The fraction of sp³-hybridized carbons (Fsp3) is 0.778. The Balaban J connectivity index is 1.80. The summed E-state index contributed by atoms with van der Waals surface area (Å²) in [6.45, 7) is 18.7. The number of hydrogen-bond donors (Lipinski definition) is 0. The first kappa shape index (κ1) is 18.1. The molecule has 0 aromatic carbocycles. The van der Waals surface area contributed by atoms with Crippen LogP contribution in [-0.2, 0) is 10.2 Å². The van der Waals surface area contributed by atoms with Crippen LogP contribution in [0.1, 0.15) is 47.4 Å². The van der Waals surface area contributed by atoms with Gasteiger partial charge >= 0.3 is 0 Å². The van der Waals surface area contributed by atoms with Gasteiger partial charge in [0.15, 0.2) is 0 Å². The Labute approximate surface area is 141 Å². The van der Waals surface area contributed by atoms with Gasteiger partial charge in [-0.05, 0) is 20.8 Å². The summed E-state index contributed by atoms with van der Waals surface area (Å²) < 4.78 is 5.81. The van der Waals surface area contributed by atoms with Crippen molar-refractivity contribution in [2.24, 2.45) is 0 Å². The minimum atomic E-state index is -0.0477. The van der Waals surface area contributed by atoms with Gasteiger partial charge in [0.25, 0.3) is 0 Å². The fourth-order valence-corrected chi connectivity index (χ4v) is 2.58. The molecule has 1 aliphatic rings. The monoisotopic (exact) mass is 320 g/mol. The molecular weight excluding hydrogens is 288 g/mol. The van der Waals surface area contributed by atoms with Crippen molar-refractivity contribution in [2.75, 3.05) is 44.2 Å². The topological polar surface area (TPSA) is 41.5 Å². The summed E-state index contributed by atoms with van der Waals surface area (Å²) in [6.07, 6.45) is 3.93. The van der Waals surface area contributed by atoms with Gasteiger partial charge in [0, 0.05) is 38.1 Å². The van der Waals surface area contributed by atoms with Gasteiger partial charge in [-0.2, -0.15) is 0 Å². The van der Waals surface area contributed by atoms with Gasteiger partial charge in [0.05, 0.1) is 30.3 Å². The van der Waals surface area contributed by atoms with E-state index in [1.807, 2.05) is 12.4 Å². The van der Waals surface area contributed by atoms with Crippen molar-refractivity contribution in [3.05, 3.63) is 18.2 Å². The van der Waals surface area contributed by atoms with Crippen LogP contribution in [0.3, 0.4) is 0 Å². The molecule has 1 aromatic rings. The summed E-state index contributed by atoms with van der Waals surface area (Å²) in [5, 5.41) is 0. The van der Waals surface area contributed by atoms with Crippen LogP contribution in [0.4, 0.5) is 5.69 Å². The van der Waals surface area contributed by atoms with E-state index in [0.717, 1.165) is 50.8 Å². The molecule has 23 heavy (non-hydrogen) atoms. The van der Waals surface area contributed by atoms with Crippen molar-refractivity contribution in [2.45, 2.75) is 52.6 Å². The van der Waals surface area contributed by atoms with E-state index in [1.54, 1.807) is 0 Å². The average Bonchev–Trinajstić information content (AvgIpc) is 2.46. The van der Waals surface area contributed by atoms with Crippen molar-refractivity contribution in [3.63, 3.8) is 0 Å². The second-order valence-corrected chi connectivity index (χ2v) is 8.30. The number of hydrogen-bond acceptors (Lipinski definition) is 5. The predicted molar refractivity (Wildman–Crippen MR) is 95.1 cm³/mol. The average molecular weight is 320 g/mol. The Morgan fingerprint density at radius 2 is 1.52 bits per heavy atom. The third kappa shape index (κ3) is 5.74. The largest absolute Gasteiger partial charge is 0.375 e. The van der Waals surface area contributed by atoms with Crippen LogP contribution in [-0.4, -0.2) is 59.8 Å². The van der Waals surface area contributed by atoms with Crippen LogP contribution in [0.2, 0.25) is 0 Å². The quantitative estimate of drug-likeness (QED) is 0.853. The van der Waals surface area contributed by atoms with Gasteiger partial charge in [-0.15, -0.1) is 0 Å². The summed E-state index contributed by atoms with van der Waals surface area (Å²) in [7, 11) is 0. The smallest absolute Gasteiger partial charge is 0.133 e. The van der Waals surface area contributed by atoms with Crippen LogP contribution >= 0.6 is 0 Å². The van der Waals surface area contributed by atoms with Crippen LogP contribution in [0.5, 0.6) is 0 Å². The summed E-state index contributed by atoms with van der Waals surface area (Å²) >= 11 is 0. The Bertz CT molecular complexity index is 479. The van der Waals surface area contributed by atoms with E-state index in [4.69, 9.17) is 4.74 Å². The molecule has 5 nitrogen and oxygen atoms in total. The molecule has 0 spiro atoms. The van der Waals surface area contributed by atoms with E-state index >= 15 is 0 Å². The maximum atomic E-state index is 5.81. The molecular formula is C18H32N4O. The fourth-order valence-electron chi connectivity index (χ4n) is 2.58. The number of piperazine rings is 1. The maximum Gasteiger partial charge on any atom is 0.133 e. The molecule has 0 N–H and O–H groups in total. The van der Waals surface area contributed by atoms with Gasteiger partial charge in [0.1, 0.15) is 5.82 Å². The van der Waals surface area contributed by atoms with E-state index in [1.165, 1.54) is 0 Å². The number of anilines is 1. The molecule has 0 unspecified atom stereocenters. The summed E-state index contributed by atoms with van der Waals surface area (Å²) in [4.78, 5) is 13.9. The number of nitrogens with zero attached hydrogens (tertiary/aromatic N) is 4. The Morgan fingerprint density at radius 3 is 2.00 bits per heavy atom. The highest BCUT2D eigenvalue weighted by Crippen LogP contribution is 2.20. The second-order valence-electron chi connectivity index (χ2n) is 8.30. The highest BCUT2D eigenvalue weighted by molar-refractivity contribution is 5.42. The van der Waals surface area contributed by atoms with E-state index in [2.05, 4.69) is 61.3 Å². The van der Waals surface area contributed by atoms with Gasteiger partial charge < -0.3 is 9.64 Å². The normalized spacial score (nSPS) is 17.6. The van der Waals surface area contributed by atoms with E-state index < -0.39 is 0 Å². The Morgan fingerprint density at radius 1 is 0.957 bits per heavy atom. The molecule has 1 saturated heterocycles. The van der Waals surface area contributed by atoms with Crippen molar-refractivity contribution in [3.8, 4) is 0 Å². The zero-order valence-electron chi connectivity index (χ0n) is 15.6. The van der Waals surface area contributed by atoms with Crippen LogP contribution in [0.15, 0.2) is 12.4 Å². The molecule has 1 aliphatic heterocycles. The van der Waals surface area contributed by atoms with Crippen molar-refractivity contribution in [1.82, 2.24) is 14.9 Å². The molecule has 0 bridgehead atoms. The third-order valence-corrected chi connectivity index (χ3v) is 3.99. The molecule has 0 aliphatic carbocycles. The minimum Gasteiger partial charge on any atom is -0.375 e. The Kier molecular flexibility index (Phi) is 5.63. The molecule has 0 amide bonds. The highest BCUT2D eigenvalue weighted by atomic mass is 16.5. The first-order valence-corrected chi connectivity index (χ1v) is 8.59. The molecule has 0 atom stereocenters. The van der Waals surface area contributed by atoms with E-state index in [0.29, 0.717) is 0 Å². The first-order valence-electron chi connectivity index (χ1n) is 8.59. The summed E-state index contributed by atoms with van der Waals surface area (Å²) in [5.41, 5.74) is 1.08. The molecule has 0 saturated carbocycles. The molecule has 2 heterocycles. The molecule has 1 aromatic heterocycles. The van der Waals surface area contributed by atoms with Crippen LogP contribution in [0.25, 0.3) is 0 Å². The number of aromatic nitrogens is 2. The SMILES string of the molecule is CC(C)(C)OCCN1CCN(c2cnc(C(C)(C)C)nc2)CC1. The lowest BCUT2D eigenvalue weighted by molar-refractivity contribution is -0.0135. The Hall–Kier alpha value is -1.20. The first-order chi connectivity index (χ1) is 10.6. The maximum absolute atomic E-state index is 5.81. The standard InChI is InChI=1S/C18H32N4O/c1-17(2,3)16-19-13-15(14-20-16)22-9-7-21(8-10-22)11-12-23-18(4,5)6/h13-14H,7-12H2,1-6H3. The third-order valence-electron chi connectivity index (χ3n) is 3.99. The molecule has 5 heteroatoms. The lowest BCUT2D eigenvalue weighted by atomic mass is 9.96. The molecule has 1 fully saturated rings. The van der Waals surface area contributed by atoms with Crippen molar-refractivity contribution < 1.29 is 4.74 Å². The van der Waals surface area contributed by atoms with Gasteiger partial charge in [-0.3, -0.25) is 4.90 Å². The van der Waals surface area contributed by atoms with Gasteiger partial charge in [0.2, 0.25) is 0 Å². The van der Waals surface area contributed by atoms with E-state index in [-0.39, 0.29) is 11.0 Å². The highest BCUT2D eigenvalue weighted by Gasteiger charge is 2.20. The predicted octanol–water partition coefficient (Wildman–Crippen LogP) is 2.71. The molecule has 0 radical (unpaired) electrons. The van der Waals surface area contributed by atoms with Gasteiger partial charge in [-0.25, -0.2) is 9.97 Å². The lowest BCUT2D eigenvalue weighted by Crippen LogP contribution is -2.47. The molecule has 130 valence electrons. The zero-order valence-corrected chi connectivity index (χ0v) is 15.6. The minimum absolute atomic E-state index is 0.00425. The lowest BCUT2D eigenvalue weighted by Gasteiger charge is -2.36. The van der Waals surface area contributed by atoms with Gasteiger partial charge in [-0.1, -0.05) is 20.8 Å². The van der Waals surface area contributed by atoms with Crippen LogP contribution in [0, 0.1) is 0 Å². The number of ether oxygens (including phenoxy) is 1. The number of rotatable bonds is 4. The molecule has 2 rings (SSSR count). The summed E-state index contributed by atoms with van der Waals surface area (Å²) in [6, 6.07) is 0. The van der Waals surface area contributed by atoms with Crippen molar-refractivity contribution >= 4 is 5.69 Å². The second kappa shape index (κ2) is 7.14.